The van der Waals surface area contributed by atoms with Crippen LogP contribution in [-0.2, 0) is 4.74 Å². The van der Waals surface area contributed by atoms with E-state index in [2.05, 4.69) is 12.2 Å². The summed E-state index contributed by atoms with van der Waals surface area (Å²) in [6, 6.07) is 0.434. The molecule has 3 N–H and O–H groups in total. The summed E-state index contributed by atoms with van der Waals surface area (Å²) < 4.78 is 5.50. The van der Waals surface area contributed by atoms with Crippen molar-refractivity contribution in [3.05, 3.63) is 0 Å². The Labute approximate surface area is 81.0 Å². The maximum absolute atomic E-state index is 5.50. The van der Waals surface area contributed by atoms with Crippen molar-refractivity contribution in [3.63, 3.8) is 0 Å². The monoisotopic (exact) mass is 186 g/mol. The van der Waals surface area contributed by atoms with Crippen molar-refractivity contribution in [1.29, 1.82) is 0 Å². The average Bonchev–Trinajstić information content (AvgIpc) is 2.94. The van der Waals surface area contributed by atoms with Gasteiger partial charge in [-0.1, -0.05) is 0 Å². The maximum atomic E-state index is 5.50. The van der Waals surface area contributed by atoms with Gasteiger partial charge in [0.1, 0.15) is 0 Å². The zero-order valence-electron chi connectivity index (χ0n) is 8.59. The number of ether oxygens (including phenoxy) is 1. The second-order valence-electron chi connectivity index (χ2n) is 3.96. The maximum Gasteiger partial charge on any atom is 0.0494 e. The van der Waals surface area contributed by atoms with E-state index >= 15 is 0 Å². The molecule has 0 bridgehead atoms. The van der Waals surface area contributed by atoms with E-state index in [9.17, 15) is 0 Å². The van der Waals surface area contributed by atoms with Gasteiger partial charge in [0.2, 0.25) is 0 Å². The molecule has 1 unspecified atom stereocenters. The lowest BCUT2D eigenvalue weighted by atomic mass is 10.3. The minimum Gasteiger partial charge on any atom is -0.381 e. The molecule has 0 amide bonds. The van der Waals surface area contributed by atoms with Crippen LogP contribution in [0.15, 0.2) is 0 Å². The molecule has 0 heterocycles. The number of nitrogens with one attached hydrogen (secondary N) is 1. The molecule has 1 fully saturated rings. The predicted molar refractivity (Wildman–Crippen MR) is 54.7 cm³/mol. The highest BCUT2D eigenvalue weighted by Crippen LogP contribution is 2.28. The standard InChI is InChI=1S/C10H22N2O/c1-9(7-11)12-5-2-6-13-8-10-3-4-10/h9-10,12H,2-8,11H2,1H3. The molecule has 1 aliphatic carbocycles. The van der Waals surface area contributed by atoms with Crippen molar-refractivity contribution in [3.8, 4) is 0 Å². The van der Waals surface area contributed by atoms with Crippen molar-refractivity contribution in [2.75, 3.05) is 26.3 Å². The van der Waals surface area contributed by atoms with E-state index in [0.717, 1.165) is 32.1 Å². The summed E-state index contributed by atoms with van der Waals surface area (Å²) in [6.07, 6.45) is 3.85. The van der Waals surface area contributed by atoms with Crippen LogP contribution < -0.4 is 11.1 Å². The second kappa shape index (κ2) is 6.35. The molecule has 1 atom stereocenters. The highest BCUT2D eigenvalue weighted by Gasteiger charge is 2.20. The van der Waals surface area contributed by atoms with E-state index in [4.69, 9.17) is 10.5 Å². The second-order valence-corrected chi connectivity index (χ2v) is 3.96. The number of hydrogen-bond acceptors (Lipinski definition) is 3. The fourth-order valence-corrected chi connectivity index (χ4v) is 1.14. The number of hydrogen-bond donors (Lipinski definition) is 2. The lowest BCUT2D eigenvalue weighted by Gasteiger charge is -2.10. The SMILES string of the molecule is CC(CN)NCCCOCC1CC1. The van der Waals surface area contributed by atoms with E-state index in [1.54, 1.807) is 0 Å². The number of rotatable bonds is 8. The number of nitrogens with two attached hydrogens (primary N) is 1. The Kier molecular flexibility index (Phi) is 5.35. The minimum atomic E-state index is 0.434. The van der Waals surface area contributed by atoms with Crippen LogP contribution in [0, 0.1) is 5.92 Å². The largest absolute Gasteiger partial charge is 0.381 e. The van der Waals surface area contributed by atoms with Crippen LogP contribution in [0.25, 0.3) is 0 Å². The molecule has 3 nitrogen and oxygen atoms in total. The third kappa shape index (κ3) is 6.02. The summed E-state index contributed by atoms with van der Waals surface area (Å²) in [4.78, 5) is 0. The Morgan fingerprint density at radius 3 is 2.92 bits per heavy atom. The van der Waals surface area contributed by atoms with Gasteiger partial charge in [-0.3, -0.25) is 0 Å². The molecule has 3 heteroatoms. The Balaban J connectivity index is 1.72. The van der Waals surface area contributed by atoms with E-state index in [-0.39, 0.29) is 0 Å². The first kappa shape index (κ1) is 11.0. The molecule has 0 aliphatic heterocycles. The van der Waals surface area contributed by atoms with Gasteiger partial charge in [-0.2, -0.15) is 0 Å². The molecule has 0 saturated heterocycles. The Bertz CT molecular complexity index is 126. The smallest absolute Gasteiger partial charge is 0.0494 e. The van der Waals surface area contributed by atoms with Crippen molar-refractivity contribution >= 4 is 0 Å². The van der Waals surface area contributed by atoms with Crippen molar-refractivity contribution in [1.82, 2.24) is 5.32 Å². The highest BCUT2D eigenvalue weighted by atomic mass is 16.5. The summed E-state index contributed by atoms with van der Waals surface area (Å²) in [5, 5.41) is 3.33. The van der Waals surface area contributed by atoms with E-state index in [1.165, 1.54) is 12.8 Å². The van der Waals surface area contributed by atoms with Crippen LogP contribution in [0.3, 0.4) is 0 Å². The molecule has 1 rings (SSSR count). The van der Waals surface area contributed by atoms with E-state index in [0.29, 0.717) is 12.6 Å². The lowest BCUT2D eigenvalue weighted by Crippen LogP contribution is -2.34. The van der Waals surface area contributed by atoms with Crippen LogP contribution in [-0.4, -0.2) is 32.3 Å². The van der Waals surface area contributed by atoms with E-state index in [1.807, 2.05) is 0 Å². The zero-order chi connectivity index (χ0) is 9.52. The Morgan fingerprint density at radius 1 is 1.54 bits per heavy atom. The molecule has 0 radical (unpaired) electrons. The molecular weight excluding hydrogens is 164 g/mol. The first-order valence-electron chi connectivity index (χ1n) is 5.34. The van der Waals surface area contributed by atoms with Gasteiger partial charge in [-0.15, -0.1) is 0 Å². The van der Waals surface area contributed by atoms with Gasteiger partial charge >= 0.3 is 0 Å². The normalized spacial score (nSPS) is 18.9. The zero-order valence-corrected chi connectivity index (χ0v) is 8.59. The van der Waals surface area contributed by atoms with Gasteiger partial charge in [0.15, 0.2) is 0 Å². The van der Waals surface area contributed by atoms with E-state index < -0.39 is 0 Å². The lowest BCUT2D eigenvalue weighted by molar-refractivity contribution is 0.121. The fourth-order valence-electron chi connectivity index (χ4n) is 1.14. The molecular formula is C10H22N2O. The first-order chi connectivity index (χ1) is 6.33. The summed E-state index contributed by atoms with van der Waals surface area (Å²) in [6.45, 7) is 5.70. The predicted octanol–water partition coefficient (Wildman–Crippen LogP) is 0.740. The topological polar surface area (TPSA) is 47.3 Å². The van der Waals surface area contributed by atoms with Crippen LogP contribution in [0.4, 0.5) is 0 Å². The van der Waals surface area contributed by atoms with Gasteiger partial charge in [0.05, 0.1) is 0 Å². The highest BCUT2D eigenvalue weighted by molar-refractivity contribution is 4.71. The summed E-state index contributed by atoms with van der Waals surface area (Å²) in [7, 11) is 0. The van der Waals surface area contributed by atoms with Crippen LogP contribution in [0.1, 0.15) is 26.2 Å². The fraction of sp³-hybridized carbons (Fsp3) is 1.00. The average molecular weight is 186 g/mol. The van der Waals surface area contributed by atoms with Crippen molar-refractivity contribution in [2.24, 2.45) is 11.7 Å². The first-order valence-corrected chi connectivity index (χ1v) is 5.34. The molecule has 0 spiro atoms. The third-order valence-electron chi connectivity index (χ3n) is 2.36. The van der Waals surface area contributed by atoms with Crippen molar-refractivity contribution < 1.29 is 4.74 Å². The molecule has 1 saturated carbocycles. The summed E-state index contributed by atoms with van der Waals surface area (Å²) in [5.41, 5.74) is 5.47. The van der Waals surface area contributed by atoms with Gasteiger partial charge < -0.3 is 15.8 Å². The van der Waals surface area contributed by atoms with Gasteiger partial charge in [0, 0.05) is 25.8 Å². The molecule has 0 aromatic rings. The van der Waals surface area contributed by atoms with Gasteiger partial charge in [-0.25, -0.2) is 0 Å². The van der Waals surface area contributed by atoms with Crippen LogP contribution in [0.5, 0.6) is 0 Å². The van der Waals surface area contributed by atoms with Crippen LogP contribution >= 0.6 is 0 Å². The third-order valence-corrected chi connectivity index (χ3v) is 2.36. The Hall–Kier alpha value is -0.120. The molecule has 0 aromatic heterocycles. The summed E-state index contributed by atoms with van der Waals surface area (Å²) >= 11 is 0. The molecule has 78 valence electrons. The minimum absolute atomic E-state index is 0.434. The summed E-state index contributed by atoms with van der Waals surface area (Å²) in [5.74, 6) is 0.885. The Morgan fingerprint density at radius 2 is 2.31 bits per heavy atom. The molecule has 0 aromatic carbocycles. The van der Waals surface area contributed by atoms with Crippen LogP contribution in [0.2, 0.25) is 0 Å². The quantitative estimate of drug-likeness (QED) is 0.550. The molecule has 13 heavy (non-hydrogen) atoms. The van der Waals surface area contributed by atoms with Crippen molar-refractivity contribution in [2.45, 2.75) is 32.2 Å². The van der Waals surface area contributed by atoms with Gasteiger partial charge in [0.25, 0.3) is 0 Å². The van der Waals surface area contributed by atoms with Gasteiger partial charge in [-0.05, 0) is 38.6 Å². The molecule has 1 aliphatic rings.